The van der Waals surface area contributed by atoms with Crippen molar-refractivity contribution in [2.24, 2.45) is 5.73 Å². The first-order valence-corrected chi connectivity index (χ1v) is 6.75. The predicted molar refractivity (Wildman–Crippen MR) is 73.8 cm³/mol. The third-order valence-corrected chi connectivity index (χ3v) is 3.68. The number of likely N-dealkylation sites (N-methyl/N-ethyl adjacent to an activating group) is 1. The largest absolute Gasteiger partial charge is 0.393 e. The molecule has 0 saturated carbocycles. The molecule has 1 fully saturated rings. The lowest BCUT2D eigenvalue weighted by Crippen LogP contribution is -2.51. The van der Waals surface area contributed by atoms with Crippen molar-refractivity contribution >= 4 is 17.2 Å². The van der Waals surface area contributed by atoms with Crippen LogP contribution in [0.15, 0.2) is 0 Å². The summed E-state index contributed by atoms with van der Waals surface area (Å²) in [6, 6.07) is 0.740. The van der Waals surface area contributed by atoms with Gasteiger partial charge in [0.15, 0.2) is 0 Å². The Kier molecular flexibility index (Phi) is 6.24. The molecule has 1 atom stereocenters. The second-order valence-electron chi connectivity index (χ2n) is 4.77. The van der Waals surface area contributed by atoms with Crippen LogP contribution >= 0.6 is 12.2 Å². The van der Waals surface area contributed by atoms with Crippen molar-refractivity contribution in [1.82, 2.24) is 9.80 Å². The van der Waals surface area contributed by atoms with Gasteiger partial charge < -0.3 is 15.5 Å². The molecule has 0 aromatic rings. The second kappa shape index (κ2) is 7.20. The first-order chi connectivity index (χ1) is 7.63. The number of hydrogen-bond donors (Lipinski definition) is 1. The Bertz CT molecular complexity index is 220. The van der Waals surface area contributed by atoms with Gasteiger partial charge in [-0.2, -0.15) is 0 Å². The van der Waals surface area contributed by atoms with E-state index in [-0.39, 0.29) is 0 Å². The number of nitrogens with two attached hydrogens (primary N) is 1. The molecule has 16 heavy (non-hydrogen) atoms. The van der Waals surface area contributed by atoms with Gasteiger partial charge in [-0.15, -0.1) is 0 Å². The molecule has 0 radical (unpaired) electrons. The summed E-state index contributed by atoms with van der Waals surface area (Å²) in [5.74, 6) is 0. The number of unbranched alkanes of at least 4 members (excludes halogenated alkanes) is 1. The van der Waals surface area contributed by atoms with Crippen LogP contribution < -0.4 is 5.73 Å². The van der Waals surface area contributed by atoms with Crippen molar-refractivity contribution in [3.8, 4) is 0 Å². The van der Waals surface area contributed by atoms with E-state index in [0.29, 0.717) is 4.99 Å². The molecule has 0 spiro atoms. The van der Waals surface area contributed by atoms with Gasteiger partial charge in [0.2, 0.25) is 0 Å². The zero-order valence-corrected chi connectivity index (χ0v) is 11.4. The normalized spacial score (nSPS) is 23.5. The lowest BCUT2D eigenvalue weighted by molar-refractivity contribution is 0.0922. The van der Waals surface area contributed by atoms with Gasteiger partial charge in [0.05, 0.1) is 4.99 Å². The Morgan fingerprint density at radius 1 is 1.38 bits per heavy atom. The fraction of sp³-hybridized carbons (Fsp3) is 0.917. The van der Waals surface area contributed by atoms with E-state index in [1.807, 2.05) is 0 Å². The highest BCUT2D eigenvalue weighted by molar-refractivity contribution is 7.80. The summed E-state index contributed by atoms with van der Waals surface area (Å²) >= 11 is 4.88. The van der Waals surface area contributed by atoms with Crippen LogP contribution in [0.2, 0.25) is 0 Å². The molecule has 1 rings (SSSR count). The molecule has 94 valence electrons. The minimum atomic E-state index is 0.657. The standard InChI is InChI=1S/C12H25N3S/c1-3-11-10-15(9-8-14(11)2)7-5-4-6-12(13)16/h11H,3-10H2,1-2H3,(H2,13,16). The van der Waals surface area contributed by atoms with Crippen molar-refractivity contribution in [3.63, 3.8) is 0 Å². The van der Waals surface area contributed by atoms with Crippen molar-refractivity contribution in [1.29, 1.82) is 0 Å². The highest BCUT2D eigenvalue weighted by Gasteiger charge is 2.21. The van der Waals surface area contributed by atoms with Gasteiger partial charge >= 0.3 is 0 Å². The molecule has 0 bridgehead atoms. The third kappa shape index (κ3) is 4.76. The molecule has 0 aromatic heterocycles. The van der Waals surface area contributed by atoms with Gasteiger partial charge in [0, 0.05) is 25.7 Å². The van der Waals surface area contributed by atoms with Crippen LogP contribution in [-0.2, 0) is 0 Å². The van der Waals surface area contributed by atoms with E-state index in [9.17, 15) is 0 Å². The molecule has 1 aliphatic heterocycles. The van der Waals surface area contributed by atoms with Crippen LogP contribution in [0.3, 0.4) is 0 Å². The summed E-state index contributed by atoms with van der Waals surface area (Å²) in [6.07, 6.45) is 4.51. The summed E-state index contributed by atoms with van der Waals surface area (Å²) in [7, 11) is 2.23. The van der Waals surface area contributed by atoms with E-state index in [0.717, 1.165) is 18.9 Å². The summed E-state index contributed by atoms with van der Waals surface area (Å²) in [5, 5.41) is 0. The zero-order chi connectivity index (χ0) is 12.0. The first-order valence-electron chi connectivity index (χ1n) is 6.34. The fourth-order valence-electron chi connectivity index (χ4n) is 2.29. The Morgan fingerprint density at radius 3 is 2.75 bits per heavy atom. The van der Waals surface area contributed by atoms with E-state index in [1.54, 1.807) is 0 Å². The number of rotatable bonds is 6. The highest BCUT2D eigenvalue weighted by Crippen LogP contribution is 2.11. The van der Waals surface area contributed by atoms with Crippen molar-refractivity contribution in [2.75, 3.05) is 33.2 Å². The smallest absolute Gasteiger partial charge is 0.0727 e. The lowest BCUT2D eigenvalue weighted by atomic mass is 10.1. The molecular weight excluding hydrogens is 218 g/mol. The summed E-state index contributed by atoms with van der Waals surface area (Å²) in [4.78, 5) is 5.71. The maximum atomic E-state index is 5.48. The van der Waals surface area contributed by atoms with Crippen LogP contribution in [0, 0.1) is 0 Å². The third-order valence-electron chi connectivity index (χ3n) is 3.48. The molecule has 0 amide bonds. The average Bonchev–Trinajstić information content (AvgIpc) is 2.26. The number of nitrogens with zero attached hydrogens (tertiary/aromatic N) is 2. The van der Waals surface area contributed by atoms with Gasteiger partial charge in [0.1, 0.15) is 0 Å². The molecule has 0 aliphatic carbocycles. The highest BCUT2D eigenvalue weighted by atomic mass is 32.1. The Hall–Kier alpha value is -0.190. The minimum absolute atomic E-state index is 0.657. The molecule has 1 heterocycles. The molecule has 1 unspecified atom stereocenters. The quantitative estimate of drug-likeness (QED) is 0.566. The SMILES string of the molecule is CCC1CN(CCCCC(N)=S)CCN1C. The van der Waals surface area contributed by atoms with Crippen molar-refractivity contribution < 1.29 is 0 Å². The number of hydrogen-bond acceptors (Lipinski definition) is 3. The van der Waals surface area contributed by atoms with E-state index >= 15 is 0 Å². The van der Waals surface area contributed by atoms with E-state index < -0.39 is 0 Å². The predicted octanol–water partition coefficient (Wildman–Crippen LogP) is 1.47. The Labute approximate surface area is 105 Å². The monoisotopic (exact) mass is 243 g/mol. The molecule has 0 aromatic carbocycles. The summed E-state index contributed by atoms with van der Waals surface area (Å²) in [6.45, 7) is 7.11. The van der Waals surface area contributed by atoms with Crippen LogP contribution in [0.4, 0.5) is 0 Å². The van der Waals surface area contributed by atoms with Crippen LogP contribution in [-0.4, -0.2) is 54.1 Å². The fourth-order valence-corrected chi connectivity index (χ4v) is 2.43. The van der Waals surface area contributed by atoms with Gasteiger partial charge in [-0.3, -0.25) is 0 Å². The van der Waals surface area contributed by atoms with E-state index in [2.05, 4.69) is 23.8 Å². The Morgan fingerprint density at radius 2 is 2.12 bits per heavy atom. The lowest BCUT2D eigenvalue weighted by Gasteiger charge is -2.39. The maximum absolute atomic E-state index is 5.48. The number of piperazine rings is 1. The van der Waals surface area contributed by atoms with Gasteiger partial charge in [-0.05, 0) is 39.3 Å². The molecular formula is C12H25N3S. The minimum Gasteiger partial charge on any atom is -0.393 e. The topological polar surface area (TPSA) is 32.5 Å². The number of thiocarbonyl (C=S) groups is 1. The molecule has 4 heteroatoms. The van der Waals surface area contributed by atoms with Crippen molar-refractivity contribution in [2.45, 2.75) is 38.6 Å². The zero-order valence-electron chi connectivity index (χ0n) is 10.6. The van der Waals surface area contributed by atoms with Crippen LogP contribution in [0.25, 0.3) is 0 Å². The second-order valence-corrected chi connectivity index (χ2v) is 5.29. The Balaban J connectivity index is 2.15. The first kappa shape index (κ1) is 13.9. The van der Waals surface area contributed by atoms with E-state index in [1.165, 1.54) is 39.0 Å². The van der Waals surface area contributed by atoms with Gasteiger partial charge in [0.25, 0.3) is 0 Å². The van der Waals surface area contributed by atoms with Crippen molar-refractivity contribution in [3.05, 3.63) is 0 Å². The van der Waals surface area contributed by atoms with E-state index in [4.69, 9.17) is 18.0 Å². The molecule has 1 aliphatic rings. The summed E-state index contributed by atoms with van der Waals surface area (Å²) < 4.78 is 0. The van der Waals surface area contributed by atoms with Gasteiger partial charge in [-0.25, -0.2) is 0 Å². The van der Waals surface area contributed by atoms with Gasteiger partial charge in [-0.1, -0.05) is 19.1 Å². The summed E-state index contributed by atoms with van der Waals surface area (Å²) in [5.41, 5.74) is 5.48. The molecule has 2 N–H and O–H groups in total. The molecule has 1 saturated heterocycles. The average molecular weight is 243 g/mol. The molecule has 3 nitrogen and oxygen atoms in total. The van der Waals surface area contributed by atoms with Crippen LogP contribution in [0.5, 0.6) is 0 Å². The maximum Gasteiger partial charge on any atom is 0.0727 e. The van der Waals surface area contributed by atoms with Crippen LogP contribution in [0.1, 0.15) is 32.6 Å².